The highest BCUT2D eigenvalue weighted by Gasteiger charge is 2.15. The monoisotopic (exact) mass is 348 g/mol. The Balaban J connectivity index is 0.00000192. The number of aryl methyl sites for hydroxylation is 3. The van der Waals surface area contributed by atoms with Gasteiger partial charge in [-0.15, -0.1) is 12.4 Å². The molecular formula is C19H25ClN2S. The summed E-state index contributed by atoms with van der Waals surface area (Å²) in [6, 6.07) is 13.6. The van der Waals surface area contributed by atoms with Crippen molar-refractivity contribution in [2.45, 2.75) is 30.6 Å². The number of benzene rings is 2. The van der Waals surface area contributed by atoms with Gasteiger partial charge in [0.15, 0.2) is 0 Å². The molecule has 0 bridgehead atoms. The van der Waals surface area contributed by atoms with Gasteiger partial charge in [0.25, 0.3) is 0 Å². The van der Waals surface area contributed by atoms with E-state index in [1.54, 1.807) is 0 Å². The van der Waals surface area contributed by atoms with Crippen molar-refractivity contribution in [3.63, 3.8) is 0 Å². The summed E-state index contributed by atoms with van der Waals surface area (Å²) in [4.78, 5) is 5.23. The van der Waals surface area contributed by atoms with Crippen molar-refractivity contribution >= 4 is 29.9 Å². The quantitative estimate of drug-likeness (QED) is 0.873. The summed E-state index contributed by atoms with van der Waals surface area (Å²) in [5, 5.41) is 3.43. The summed E-state index contributed by atoms with van der Waals surface area (Å²) in [5.41, 5.74) is 5.38. The van der Waals surface area contributed by atoms with Gasteiger partial charge in [0, 0.05) is 36.0 Å². The van der Waals surface area contributed by atoms with Crippen LogP contribution in [0.15, 0.2) is 46.2 Å². The fraction of sp³-hybridized carbons (Fsp3) is 0.368. The highest BCUT2D eigenvalue weighted by atomic mass is 35.5. The van der Waals surface area contributed by atoms with E-state index in [2.05, 4.69) is 67.4 Å². The van der Waals surface area contributed by atoms with E-state index < -0.39 is 0 Å². The molecule has 1 heterocycles. The molecule has 2 aromatic rings. The van der Waals surface area contributed by atoms with Crippen molar-refractivity contribution in [1.82, 2.24) is 5.32 Å². The minimum Gasteiger partial charge on any atom is -0.368 e. The van der Waals surface area contributed by atoms with Crippen molar-refractivity contribution < 1.29 is 0 Å². The molecule has 0 radical (unpaired) electrons. The van der Waals surface area contributed by atoms with Crippen LogP contribution in [0.1, 0.15) is 16.7 Å². The van der Waals surface area contributed by atoms with E-state index in [4.69, 9.17) is 0 Å². The van der Waals surface area contributed by atoms with Crippen LogP contribution in [0.5, 0.6) is 0 Å². The SMILES string of the molecule is Cc1ccc(Sc2cc(C)ccc2N2CCNCC2)c(C)c1.Cl. The Kier molecular flexibility index (Phi) is 6.40. The topological polar surface area (TPSA) is 15.3 Å². The molecule has 124 valence electrons. The highest BCUT2D eigenvalue weighted by molar-refractivity contribution is 7.99. The summed E-state index contributed by atoms with van der Waals surface area (Å²) < 4.78 is 0. The van der Waals surface area contributed by atoms with Gasteiger partial charge in [-0.1, -0.05) is 35.5 Å². The van der Waals surface area contributed by atoms with E-state index in [0.717, 1.165) is 26.2 Å². The van der Waals surface area contributed by atoms with Crippen LogP contribution in [0, 0.1) is 20.8 Å². The summed E-state index contributed by atoms with van der Waals surface area (Å²) in [5.74, 6) is 0. The van der Waals surface area contributed by atoms with E-state index in [1.165, 1.54) is 32.2 Å². The molecule has 1 saturated heterocycles. The van der Waals surface area contributed by atoms with Gasteiger partial charge in [-0.05, 0) is 50.1 Å². The van der Waals surface area contributed by atoms with Crippen molar-refractivity contribution in [1.29, 1.82) is 0 Å². The van der Waals surface area contributed by atoms with Crippen molar-refractivity contribution in [3.8, 4) is 0 Å². The standard InChI is InChI=1S/C19H24N2S.ClH/c1-14-5-7-18(16(3)12-14)22-19-13-15(2)4-6-17(19)21-10-8-20-9-11-21;/h4-7,12-13,20H,8-11H2,1-3H3;1H. The molecule has 0 amide bonds. The second kappa shape index (κ2) is 8.09. The maximum atomic E-state index is 3.43. The lowest BCUT2D eigenvalue weighted by molar-refractivity contribution is 0.587. The first-order valence-electron chi connectivity index (χ1n) is 7.95. The van der Waals surface area contributed by atoms with Crippen LogP contribution in [-0.2, 0) is 0 Å². The Morgan fingerprint density at radius 3 is 2.22 bits per heavy atom. The van der Waals surface area contributed by atoms with E-state index >= 15 is 0 Å². The molecule has 1 aliphatic heterocycles. The van der Waals surface area contributed by atoms with Gasteiger partial charge >= 0.3 is 0 Å². The normalized spacial score (nSPS) is 14.5. The second-order valence-corrected chi connectivity index (χ2v) is 7.16. The third kappa shape index (κ3) is 4.43. The molecule has 1 aliphatic rings. The molecule has 1 fully saturated rings. The zero-order chi connectivity index (χ0) is 15.5. The summed E-state index contributed by atoms with van der Waals surface area (Å²) in [6.45, 7) is 10.8. The Morgan fingerprint density at radius 2 is 1.52 bits per heavy atom. The lowest BCUT2D eigenvalue weighted by Crippen LogP contribution is -2.43. The smallest absolute Gasteiger partial charge is 0.0509 e. The molecule has 1 N–H and O–H groups in total. The lowest BCUT2D eigenvalue weighted by atomic mass is 10.2. The predicted molar refractivity (Wildman–Crippen MR) is 104 cm³/mol. The second-order valence-electron chi connectivity index (χ2n) is 6.08. The van der Waals surface area contributed by atoms with Crippen molar-refractivity contribution in [3.05, 3.63) is 53.1 Å². The number of rotatable bonds is 3. The van der Waals surface area contributed by atoms with Crippen LogP contribution in [0.25, 0.3) is 0 Å². The third-order valence-corrected chi connectivity index (χ3v) is 5.35. The predicted octanol–water partition coefficient (Wildman–Crippen LogP) is 4.59. The molecule has 0 atom stereocenters. The van der Waals surface area contributed by atoms with E-state index in [1.807, 2.05) is 11.8 Å². The zero-order valence-electron chi connectivity index (χ0n) is 14.1. The molecule has 0 aliphatic carbocycles. The molecular weight excluding hydrogens is 324 g/mol. The minimum atomic E-state index is 0. The molecule has 2 aromatic carbocycles. The number of piperazine rings is 1. The van der Waals surface area contributed by atoms with Crippen LogP contribution in [-0.4, -0.2) is 26.2 Å². The van der Waals surface area contributed by atoms with Crippen LogP contribution < -0.4 is 10.2 Å². The molecule has 0 saturated carbocycles. The summed E-state index contributed by atoms with van der Waals surface area (Å²) in [6.07, 6.45) is 0. The van der Waals surface area contributed by atoms with Crippen LogP contribution >= 0.6 is 24.2 Å². The number of halogens is 1. The van der Waals surface area contributed by atoms with Gasteiger partial charge in [-0.2, -0.15) is 0 Å². The number of hydrogen-bond donors (Lipinski definition) is 1. The Morgan fingerprint density at radius 1 is 0.870 bits per heavy atom. The molecule has 0 aromatic heterocycles. The molecule has 4 heteroatoms. The maximum Gasteiger partial charge on any atom is 0.0509 e. The number of nitrogens with one attached hydrogen (secondary N) is 1. The Hall–Kier alpha value is -1.16. The van der Waals surface area contributed by atoms with Gasteiger partial charge in [0.2, 0.25) is 0 Å². The van der Waals surface area contributed by atoms with E-state index in [-0.39, 0.29) is 12.4 Å². The van der Waals surface area contributed by atoms with Gasteiger partial charge < -0.3 is 10.2 Å². The largest absolute Gasteiger partial charge is 0.368 e. The molecule has 0 unspecified atom stereocenters. The fourth-order valence-corrected chi connectivity index (χ4v) is 4.04. The fourth-order valence-electron chi connectivity index (χ4n) is 2.90. The molecule has 23 heavy (non-hydrogen) atoms. The molecule has 0 spiro atoms. The van der Waals surface area contributed by atoms with Gasteiger partial charge in [0.05, 0.1) is 5.69 Å². The van der Waals surface area contributed by atoms with Gasteiger partial charge in [0.1, 0.15) is 0 Å². The lowest BCUT2D eigenvalue weighted by Gasteiger charge is -2.31. The number of nitrogens with zero attached hydrogens (tertiary/aromatic N) is 1. The van der Waals surface area contributed by atoms with E-state index in [0.29, 0.717) is 0 Å². The minimum absolute atomic E-state index is 0. The average Bonchev–Trinajstić information content (AvgIpc) is 2.51. The van der Waals surface area contributed by atoms with Gasteiger partial charge in [-0.25, -0.2) is 0 Å². The first-order chi connectivity index (χ1) is 10.6. The number of anilines is 1. The highest BCUT2D eigenvalue weighted by Crippen LogP contribution is 2.37. The molecule has 3 rings (SSSR count). The average molecular weight is 349 g/mol. The summed E-state index contributed by atoms with van der Waals surface area (Å²) >= 11 is 1.90. The number of hydrogen-bond acceptors (Lipinski definition) is 3. The van der Waals surface area contributed by atoms with Gasteiger partial charge in [-0.3, -0.25) is 0 Å². The molecule has 2 nitrogen and oxygen atoms in total. The third-order valence-electron chi connectivity index (χ3n) is 4.12. The van der Waals surface area contributed by atoms with Crippen LogP contribution in [0.3, 0.4) is 0 Å². The maximum absolute atomic E-state index is 3.43. The van der Waals surface area contributed by atoms with Crippen molar-refractivity contribution in [2.24, 2.45) is 0 Å². The van der Waals surface area contributed by atoms with Crippen molar-refractivity contribution in [2.75, 3.05) is 31.1 Å². The first kappa shape index (κ1) is 18.2. The zero-order valence-corrected chi connectivity index (χ0v) is 15.7. The van der Waals surface area contributed by atoms with Crippen LogP contribution in [0.4, 0.5) is 5.69 Å². The van der Waals surface area contributed by atoms with E-state index in [9.17, 15) is 0 Å². The van der Waals surface area contributed by atoms with Crippen LogP contribution in [0.2, 0.25) is 0 Å². The summed E-state index contributed by atoms with van der Waals surface area (Å²) in [7, 11) is 0. The first-order valence-corrected chi connectivity index (χ1v) is 8.76. The Labute approximate surface area is 150 Å². The Bertz CT molecular complexity index is 666.